The zero-order chi connectivity index (χ0) is 32.0. The third-order valence-electron chi connectivity index (χ3n) is 7.33. The maximum Gasteiger partial charge on any atom is 0.417 e. The lowest BCUT2D eigenvalue weighted by Crippen LogP contribution is -2.27. The number of aromatic nitrogens is 4. The first-order chi connectivity index (χ1) is 21.5. The molecular weight excluding hydrogens is 630 g/mol. The van der Waals surface area contributed by atoms with Gasteiger partial charge in [0.15, 0.2) is 0 Å². The largest absolute Gasteiger partial charge is 0.491 e. The first kappa shape index (κ1) is 30.2. The zero-order valence-corrected chi connectivity index (χ0v) is 25.1. The van der Waals surface area contributed by atoms with Gasteiger partial charge in [-0.05, 0) is 61.7 Å². The Bertz CT molecular complexity index is 2240. The van der Waals surface area contributed by atoms with E-state index in [0.29, 0.717) is 22.4 Å². The summed E-state index contributed by atoms with van der Waals surface area (Å²) >= 11 is 7.84. The Morgan fingerprint density at radius 3 is 2.60 bits per heavy atom. The molecule has 13 heteroatoms. The number of rotatable bonds is 6. The van der Waals surface area contributed by atoms with Crippen molar-refractivity contribution >= 4 is 44.1 Å². The molecule has 0 aliphatic heterocycles. The summed E-state index contributed by atoms with van der Waals surface area (Å²) in [4.78, 5) is 26.3. The van der Waals surface area contributed by atoms with E-state index in [4.69, 9.17) is 16.3 Å². The molecule has 0 amide bonds. The van der Waals surface area contributed by atoms with E-state index in [1.807, 2.05) is 17.5 Å². The van der Waals surface area contributed by atoms with Crippen LogP contribution in [0.1, 0.15) is 22.6 Å². The second kappa shape index (κ2) is 11.6. The van der Waals surface area contributed by atoms with Crippen molar-refractivity contribution in [2.45, 2.75) is 26.6 Å². The van der Waals surface area contributed by atoms with E-state index in [1.54, 1.807) is 30.5 Å². The third kappa shape index (κ3) is 5.49. The van der Waals surface area contributed by atoms with Crippen LogP contribution in [-0.2, 0) is 12.7 Å². The van der Waals surface area contributed by atoms with Gasteiger partial charge in [-0.3, -0.25) is 19.3 Å². The summed E-state index contributed by atoms with van der Waals surface area (Å²) in [6.45, 7) is 2.81. The molecular formula is C32H20ClF4N5O2S. The quantitative estimate of drug-likeness (QED) is 0.169. The van der Waals surface area contributed by atoms with Gasteiger partial charge < -0.3 is 4.74 Å². The van der Waals surface area contributed by atoms with Crippen LogP contribution in [-0.4, -0.2) is 26.1 Å². The summed E-state index contributed by atoms with van der Waals surface area (Å²) < 4.78 is 65.4. The van der Waals surface area contributed by atoms with E-state index in [9.17, 15) is 27.6 Å². The Morgan fingerprint density at radius 2 is 1.84 bits per heavy atom. The fourth-order valence-corrected chi connectivity index (χ4v) is 6.35. The number of hydrogen-bond donors (Lipinski definition) is 0. The van der Waals surface area contributed by atoms with Crippen LogP contribution in [0.2, 0.25) is 5.02 Å². The summed E-state index contributed by atoms with van der Waals surface area (Å²) in [7, 11) is 0. The van der Waals surface area contributed by atoms with Crippen LogP contribution in [0.15, 0.2) is 65.0 Å². The van der Waals surface area contributed by atoms with Crippen molar-refractivity contribution < 1.29 is 22.3 Å². The number of fused-ring (bicyclic) bond motifs is 2. The van der Waals surface area contributed by atoms with E-state index in [-0.39, 0.29) is 41.1 Å². The van der Waals surface area contributed by atoms with Gasteiger partial charge >= 0.3 is 6.18 Å². The molecule has 0 fully saturated rings. The van der Waals surface area contributed by atoms with Gasteiger partial charge in [0.2, 0.25) is 0 Å². The molecule has 0 aliphatic rings. The van der Waals surface area contributed by atoms with E-state index >= 15 is 0 Å². The number of nitrogens with zero attached hydrogens (tertiary/aromatic N) is 5. The molecule has 4 aromatic heterocycles. The smallest absolute Gasteiger partial charge is 0.417 e. The minimum atomic E-state index is -4.94. The highest BCUT2D eigenvalue weighted by molar-refractivity contribution is 7.17. The van der Waals surface area contributed by atoms with Crippen LogP contribution in [0, 0.1) is 31.0 Å². The average molecular weight is 650 g/mol. The van der Waals surface area contributed by atoms with Crippen molar-refractivity contribution in [3.8, 4) is 34.1 Å². The Kier molecular flexibility index (Phi) is 7.76. The van der Waals surface area contributed by atoms with Gasteiger partial charge in [0.25, 0.3) is 5.56 Å². The summed E-state index contributed by atoms with van der Waals surface area (Å²) in [5, 5.41) is 12.2. The molecule has 0 spiro atoms. The Balaban J connectivity index is 1.43. The molecule has 0 unspecified atom stereocenters. The molecule has 0 saturated heterocycles. The van der Waals surface area contributed by atoms with Crippen LogP contribution in [0.5, 0.6) is 5.75 Å². The maximum atomic E-state index is 14.3. The van der Waals surface area contributed by atoms with E-state index < -0.39 is 34.2 Å². The molecule has 2 aromatic carbocycles. The van der Waals surface area contributed by atoms with Gasteiger partial charge in [0.1, 0.15) is 30.1 Å². The van der Waals surface area contributed by atoms with Crippen molar-refractivity contribution in [3.63, 3.8) is 0 Å². The minimum Gasteiger partial charge on any atom is -0.491 e. The van der Waals surface area contributed by atoms with Crippen molar-refractivity contribution in [3.05, 3.63) is 104 Å². The van der Waals surface area contributed by atoms with Gasteiger partial charge in [-0.1, -0.05) is 11.6 Å². The highest BCUT2D eigenvalue weighted by atomic mass is 35.5. The van der Waals surface area contributed by atoms with Crippen molar-refractivity contribution in [1.82, 2.24) is 19.5 Å². The fraction of sp³-hybridized carbons (Fsp3) is 0.156. The summed E-state index contributed by atoms with van der Waals surface area (Å²) in [6.07, 6.45) is -2.39. The molecule has 0 radical (unpaired) electrons. The molecule has 0 N–H and O–H groups in total. The Hall–Kier alpha value is -4.86. The molecule has 226 valence electrons. The predicted octanol–water partition coefficient (Wildman–Crippen LogP) is 8.11. The minimum absolute atomic E-state index is 0.0243. The lowest BCUT2D eigenvalue weighted by molar-refractivity contribution is -0.137. The van der Waals surface area contributed by atoms with Crippen LogP contribution >= 0.6 is 22.9 Å². The van der Waals surface area contributed by atoms with Gasteiger partial charge in [-0.2, -0.15) is 18.4 Å². The van der Waals surface area contributed by atoms with E-state index in [0.717, 1.165) is 28.0 Å². The molecule has 0 atom stereocenters. The lowest BCUT2D eigenvalue weighted by Gasteiger charge is -2.19. The van der Waals surface area contributed by atoms with Crippen LogP contribution in [0.4, 0.5) is 17.6 Å². The number of halogens is 5. The van der Waals surface area contributed by atoms with Crippen molar-refractivity contribution in [2.24, 2.45) is 0 Å². The second-order valence-corrected chi connectivity index (χ2v) is 11.4. The number of ether oxygens (including phenoxy) is 1. The highest BCUT2D eigenvalue weighted by Crippen LogP contribution is 2.42. The lowest BCUT2D eigenvalue weighted by atomic mass is 9.90. The monoisotopic (exact) mass is 649 g/mol. The summed E-state index contributed by atoms with van der Waals surface area (Å²) in [5.41, 5.74) is -1.26. The Labute approximate surface area is 262 Å². The molecule has 0 bridgehead atoms. The van der Waals surface area contributed by atoms with Gasteiger partial charge in [-0.15, -0.1) is 11.3 Å². The number of aryl methyl sites for hydroxylation is 2. The van der Waals surface area contributed by atoms with Gasteiger partial charge in [-0.25, -0.2) is 9.37 Å². The van der Waals surface area contributed by atoms with E-state index in [1.165, 1.54) is 29.8 Å². The third-order valence-corrected chi connectivity index (χ3v) is 8.50. The fourth-order valence-electron chi connectivity index (χ4n) is 5.30. The number of nitriles is 1. The number of thiophene rings is 1. The summed E-state index contributed by atoms with van der Waals surface area (Å²) in [6, 6.07) is 12.2. The molecule has 4 heterocycles. The molecule has 45 heavy (non-hydrogen) atoms. The van der Waals surface area contributed by atoms with Crippen LogP contribution in [0.3, 0.4) is 0 Å². The molecule has 0 aliphatic carbocycles. The predicted molar refractivity (Wildman–Crippen MR) is 164 cm³/mol. The number of pyridine rings is 2. The molecule has 0 saturated carbocycles. The SMILES string of the molecule is Cc1ncc(F)cc1-c1c(C(F)(F)F)cc2nc(C)n(CCOc3ccc(Cl)cc3-c3ccnc4ccsc34)c(=O)c2c1C#N. The zero-order valence-electron chi connectivity index (χ0n) is 23.5. The molecule has 6 aromatic rings. The number of benzene rings is 2. The first-order valence-corrected chi connectivity index (χ1v) is 14.7. The first-order valence-electron chi connectivity index (χ1n) is 13.4. The summed E-state index contributed by atoms with van der Waals surface area (Å²) in [5.74, 6) is -0.281. The number of hydrogen-bond acceptors (Lipinski definition) is 7. The Morgan fingerprint density at radius 1 is 1.04 bits per heavy atom. The average Bonchev–Trinajstić information content (AvgIpc) is 3.48. The van der Waals surface area contributed by atoms with Crippen molar-refractivity contribution in [1.29, 1.82) is 5.26 Å². The topological polar surface area (TPSA) is 93.7 Å². The van der Waals surface area contributed by atoms with Gasteiger partial charge in [0.05, 0.1) is 45.0 Å². The molecule has 6 rings (SSSR count). The van der Waals surface area contributed by atoms with Crippen molar-refractivity contribution in [2.75, 3.05) is 6.61 Å². The molecule has 7 nitrogen and oxygen atoms in total. The second-order valence-electron chi connectivity index (χ2n) is 10.1. The van der Waals surface area contributed by atoms with E-state index in [2.05, 4.69) is 15.0 Å². The maximum absolute atomic E-state index is 14.3. The van der Waals surface area contributed by atoms with Crippen LogP contribution < -0.4 is 10.3 Å². The highest BCUT2D eigenvalue weighted by Gasteiger charge is 2.37. The van der Waals surface area contributed by atoms with Crippen LogP contribution in [0.25, 0.3) is 43.4 Å². The van der Waals surface area contributed by atoms with Gasteiger partial charge in [0, 0.05) is 39.2 Å². The normalized spacial score (nSPS) is 11.7. The standard InChI is InChI=1S/C32H20ClF4N5O2S/c1-16-21(12-19(34)15-40-16)28-23(14-38)29-26(13-24(28)32(35,36)37)41-17(2)42(31(29)43)8-9-44-27-4-3-18(33)11-22(27)20-5-7-39-25-6-10-45-30(20)25/h3-7,10-13,15H,8-9H2,1-2H3. The number of alkyl halides is 3.